The van der Waals surface area contributed by atoms with Crippen molar-refractivity contribution in [2.45, 2.75) is 38.3 Å². The highest BCUT2D eigenvalue weighted by molar-refractivity contribution is 5.76. The molecule has 0 spiro atoms. The maximum Gasteiger partial charge on any atom is 0.341 e. The molecule has 0 fully saturated rings. The van der Waals surface area contributed by atoms with Gasteiger partial charge in [-0.15, -0.1) is 0 Å². The maximum absolute atomic E-state index is 11.0. The number of hydrogen-bond donors (Lipinski definition) is 2. The first-order valence-corrected chi connectivity index (χ1v) is 11.9. The van der Waals surface area contributed by atoms with Crippen LogP contribution in [0.4, 0.5) is 0 Å². The van der Waals surface area contributed by atoms with Crippen molar-refractivity contribution in [3.63, 3.8) is 0 Å². The number of hydrogen-bond acceptors (Lipinski definition) is 5. The molecule has 6 nitrogen and oxygen atoms in total. The molecule has 4 aromatic rings. The number of benzene rings is 3. The predicted molar refractivity (Wildman–Crippen MR) is 134 cm³/mol. The first-order valence-electron chi connectivity index (χ1n) is 11.9. The summed E-state index contributed by atoms with van der Waals surface area (Å²) in [6.45, 7) is 1.72. The van der Waals surface area contributed by atoms with E-state index in [1.54, 1.807) is 0 Å². The lowest BCUT2D eigenvalue weighted by molar-refractivity contribution is -0.139. The van der Waals surface area contributed by atoms with Crippen molar-refractivity contribution in [3.8, 4) is 28.3 Å². The summed E-state index contributed by atoms with van der Waals surface area (Å²) in [5.74, 6) is 1.06. The van der Waals surface area contributed by atoms with Crippen molar-refractivity contribution in [1.29, 1.82) is 0 Å². The van der Waals surface area contributed by atoms with Gasteiger partial charge in [0.15, 0.2) is 12.4 Å². The Bertz CT molecular complexity index is 1240. The molecule has 0 saturated heterocycles. The van der Waals surface area contributed by atoms with Crippen LogP contribution in [0.1, 0.15) is 48.9 Å². The van der Waals surface area contributed by atoms with Gasteiger partial charge in [0.05, 0.1) is 6.04 Å². The molecule has 1 aliphatic rings. The maximum atomic E-state index is 11.0. The summed E-state index contributed by atoms with van der Waals surface area (Å²) in [6, 6.07) is 26.0. The predicted octanol–water partition coefficient (Wildman–Crippen LogP) is 6.20. The fraction of sp³-hybridized carbons (Fsp3) is 0.241. The molecule has 1 aliphatic carbocycles. The van der Waals surface area contributed by atoms with Crippen LogP contribution in [0.2, 0.25) is 0 Å². The van der Waals surface area contributed by atoms with Crippen molar-refractivity contribution in [2.75, 3.05) is 6.61 Å². The van der Waals surface area contributed by atoms with E-state index >= 15 is 0 Å². The van der Waals surface area contributed by atoms with E-state index in [-0.39, 0.29) is 18.7 Å². The van der Waals surface area contributed by atoms with Gasteiger partial charge < -0.3 is 14.3 Å². The van der Waals surface area contributed by atoms with E-state index in [1.165, 1.54) is 0 Å². The Balaban J connectivity index is 1.43. The number of nitrogens with zero attached hydrogens (tertiary/aromatic N) is 1. The Hall–Kier alpha value is -3.90. The SMILES string of the molecule is CC(NC1CCCc2c(OCC(=O)O)cccc21)c1nc(-c2ccccc2)c(-c2ccccc2)o1. The van der Waals surface area contributed by atoms with Crippen molar-refractivity contribution < 1.29 is 19.1 Å². The van der Waals surface area contributed by atoms with Gasteiger partial charge in [-0.1, -0.05) is 72.8 Å². The number of nitrogens with one attached hydrogen (secondary N) is 1. The molecule has 2 unspecified atom stereocenters. The molecule has 35 heavy (non-hydrogen) atoms. The molecule has 0 aliphatic heterocycles. The van der Waals surface area contributed by atoms with Crippen LogP contribution >= 0.6 is 0 Å². The largest absolute Gasteiger partial charge is 0.482 e. The summed E-state index contributed by atoms with van der Waals surface area (Å²) >= 11 is 0. The van der Waals surface area contributed by atoms with Gasteiger partial charge in [0.1, 0.15) is 11.4 Å². The highest BCUT2D eigenvalue weighted by atomic mass is 16.5. The standard InChI is InChI=1S/C29H28N2O4/c1-19(30-24-16-8-15-23-22(24)14-9-17-25(23)34-18-26(32)33)29-31-27(20-10-4-2-5-11-20)28(35-29)21-12-6-3-7-13-21/h2-7,9-14,17,19,24,30H,8,15-16,18H2,1H3,(H,32,33). The number of fused-ring (bicyclic) bond motifs is 1. The van der Waals surface area contributed by atoms with E-state index in [0.29, 0.717) is 11.6 Å². The van der Waals surface area contributed by atoms with E-state index in [1.807, 2.05) is 72.8 Å². The molecule has 0 amide bonds. The molecule has 0 bridgehead atoms. The second-order valence-electron chi connectivity index (χ2n) is 8.80. The van der Waals surface area contributed by atoms with Gasteiger partial charge in [0.2, 0.25) is 5.89 Å². The third-order valence-corrected chi connectivity index (χ3v) is 6.36. The fourth-order valence-electron chi connectivity index (χ4n) is 4.73. The Morgan fingerprint density at radius 1 is 1.06 bits per heavy atom. The number of oxazole rings is 1. The van der Waals surface area contributed by atoms with E-state index in [9.17, 15) is 4.79 Å². The van der Waals surface area contributed by atoms with Gasteiger partial charge in [-0.05, 0) is 43.4 Å². The molecular weight excluding hydrogens is 440 g/mol. The average Bonchev–Trinajstić information content (AvgIpc) is 3.34. The molecule has 3 aromatic carbocycles. The summed E-state index contributed by atoms with van der Waals surface area (Å²) in [7, 11) is 0. The highest BCUT2D eigenvalue weighted by Crippen LogP contribution is 2.38. The lowest BCUT2D eigenvalue weighted by atomic mass is 9.86. The number of aliphatic carboxylic acids is 1. The highest BCUT2D eigenvalue weighted by Gasteiger charge is 2.27. The fourth-order valence-corrected chi connectivity index (χ4v) is 4.73. The zero-order valence-corrected chi connectivity index (χ0v) is 19.6. The molecule has 1 heterocycles. The van der Waals surface area contributed by atoms with E-state index in [2.05, 4.69) is 18.3 Å². The lowest BCUT2D eigenvalue weighted by Crippen LogP contribution is -2.28. The number of carbonyl (C=O) groups is 1. The molecule has 2 N–H and O–H groups in total. The Kier molecular flexibility index (Phi) is 6.64. The minimum atomic E-state index is -0.978. The zero-order chi connectivity index (χ0) is 24.2. The molecule has 0 saturated carbocycles. The average molecular weight is 469 g/mol. The quantitative estimate of drug-likeness (QED) is 0.320. The van der Waals surface area contributed by atoms with Crippen LogP contribution in [0.3, 0.4) is 0 Å². The topological polar surface area (TPSA) is 84.6 Å². The third-order valence-electron chi connectivity index (χ3n) is 6.36. The van der Waals surface area contributed by atoms with Crippen LogP contribution in [0, 0.1) is 0 Å². The number of aromatic nitrogens is 1. The van der Waals surface area contributed by atoms with E-state index < -0.39 is 5.97 Å². The minimum absolute atomic E-state index is 0.0920. The summed E-state index contributed by atoms with van der Waals surface area (Å²) in [4.78, 5) is 15.9. The van der Waals surface area contributed by atoms with Gasteiger partial charge in [0.25, 0.3) is 0 Å². The second kappa shape index (κ2) is 10.2. The molecule has 0 radical (unpaired) electrons. The smallest absolute Gasteiger partial charge is 0.341 e. The summed E-state index contributed by atoms with van der Waals surface area (Å²) < 4.78 is 11.9. The Labute approximate surface area is 204 Å². The lowest BCUT2D eigenvalue weighted by Gasteiger charge is -2.29. The van der Waals surface area contributed by atoms with Crippen molar-refractivity contribution in [1.82, 2.24) is 10.3 Å². The third kappa shape index (κ3) is 4.98. The number of carboxylic acids is 1. The second-order valence-corrected chi connectivity index (χ2v) is 8.80. The van der Waals surface area contributed by atoms with Crippen molar-refractivity contribution >= 4 is 5.97 Å². The Morgan fingerprint density at radius 3 is 2.49 bits per heavy atom. The van der Waals surface area contributed by atoms with Crippen LogP contribution in [-0.2, 0) is 11.2 Å². The van der Waals surface area contributed by atoms with Gasteiger partial charge >= 0.3 is 5.97 Å². The molecular formula is C29H28N2O4. The normalized spacial score (nSPS) is 15.9. The van der Waals surface area contributed by atoms with Gasteiger partial charge in [-0.2, -0.15) is 0 Å². The van der Waals surface area contributed by atoms with Crippen LogP contribution < -0.4 is 10.1 Å². The van der Waals surface area contributed by atoms with Crippen LogP contribution in [0.25, 0.3) is 22.6 Å². The Morgan fingerprint density at radius 2 is 1.77 bits per heavy atom. The number of carboxylic acid groups (broad SMARTS) is 1. The van der Waals surface area contributed by atoms with Crippen LogP contribution in [0.5, 0.6) is 5.75 Å². The molecule has 178 valence electrons. The van der Waals surface area contributed by atoms with Gasteiger partial charge in [-0.3, -0.25) is 5.32 Å². The molecule has 2 atom stereocenters. The van der Waals surface area contributed by atoms with Gasteiger partial charge in [0, 0.05) is 17.2 Å². The zero-order valence-electron chi connectivity index (χ0n) is 19.6. The first kappa shape index (κ1) is 22.9. The molecule has 6 heteroatoms. The molecule has 5 rings (SSSR count). The number of rotatable bonds is 8. The van der Waals surface area contributed by atoms with Crippen molar-refractivity contribution in [3.05, 3.63) is 95.9 Å². The summed E-state index contributed by atoms with van der Waals surface area (Å²) in [6.07, 6.45) is 2.82. The van der Waals surface area contributed by atoms with Gasteiger partial charge in [-0.25, -0.2) is 9.78 Å². The minimum Gasteiger partial charge on any atom is -0.482 e. The van der Waals surface area contributed by atoms with Crippen LogP contribution in [-0.4, -0.2) is 22.7 Å². The van der Waals surface area contributed by atoms with E-state index in [4.69, 9.17) is 19.2 Å². The monoisotopic (exact) mass is 468 g/mol. The summed E-state index contributed by atoms with van der Waals surface area (Å²) in [5.41, 5.74) is 5.04. The van der Waals surface area contributed by atoms with E-state index in [0.717, 1.165) is 53.0 Å². The summed E-state index contributed by atoms with van der Waals surface area (Å²) in [5, 5.41) is 12.7. The number of ether oxygens (including phenoxy) is 1. The van der Waals surface area contributed by atoms with Crippen LogP contribution in [0.15, 0.2) is 83.3 Å². The molecule has 1 aromatic heterocycles. The first-order chi connectivity index (χ1) is 17.1. The van der Waals surface area contributed by atoms with Crippen molar-refractivity contribution in [2.24, 2.45) is 0 Å².